The summed E-state index contributed by atoms with van der Waals surface area (Å²) in [6, 6.07) is 5.48. The van der Waals surface area contributed by atoms with E-state index in [1.54, 1.807) is 11.0 Å². The summed E-state index contributed by atoms with van der Waals surface area (Å²) in [6.07, 6.45) is 5.88. The number of rotatable bonds is 4. The predicted octanol–water partition coefficient (Wildman–Crippen LogP) is 3.75. The number of carbonyl (C=O) groups is 2. The first-order valence-electron chi connectivity index (χ1n) is 8.93. The van der Waals surface area contributed by atoms with Crippen molar-refractivity contribution in [1.29, 1.82) is 0 Å². The summed E-state index contributed by atoms with van der Waals surface area (Å²) in [7, 11) is 0. The van der Waals surface area contributed by atoms with Crippen LogP contribution in [0.1, 0.15) is 39.5 Å². The Bertz CT molecular complexity index is 690. The molecule has 0 atom stereocenters. The number of ether oxygens (including phenoxy) is 1. The van der Waals surface area contributed by atoms with E-state index in [1.807, 2.05) is 32.0 Å². The first kappa shape index (κ1) is 17.5. The van der Waals surface area contributed by atoms with Crippen molar-refractivity contribution in [2.45, 2.75) is 39.5 Å². The standard InChI is InChI=1S/C20H26N2O3/c1-4-11-22-16-10-9-15(21-18(23)14-7-5-6-8-14)12-17(16)25-13-20(2,3)19(22)24/h4,9-10,12,14H,1,5-8,11,13H2,2-3H3,(H,21,23). The third-order valence-electron chi connectivity index (χ3n) is 4.97. The summed E-state index contributed by atoms with van der Waals surface area (Å²) < 4.78 is 5.91. The molecule has 0 aromatic heterocycles. The SMILES string of the molecule is C=CCN1C(=O)C(C)(C)COc2cc(NC(=O)C3CCCC3)ccc21. The maximum Gasteiger partial charge on any atom is 0.236 e. The summed E-state index contributed by atoms with van der Waals surface area (Å²) in [6.45, 7) is 8.22. The molecule has 0 saturated heterocycles. The molecule has 1 aliphatic carbocycles. The molecule has 0 radical (unpaired) electrons. The number of amides is 2. The van der Waals surface area contributed by atoms with E-state index < -0.39 is 5.41 Å². The minimum absolute atomic E-state index is 0.00823. The molecule has 1 heterocycles. The lowest BCUT2D eigenvalue weighted by Gasteiger charge is -2.27. The third kappa shape index (κ3) is 3.55. The highest BCUT2D eigenvalue weighted by atomic mass is 16.5. The van der Waals surface area contributed by atoms with Crippen molar-refractivity contribution < 1.29 is 14.3 Å². The van der Waals surface area contributed by atoms with Crippen LogP contribution in [0.25, 0.3) is 0 Å². The molecule has 5 heteroatoms. The zero-order chi connectivity index (χ0) is 18.0. The molecule has 1 aromatic rings. The van der Waals surface area contributed by atoms with Gasteiger partial charge < -0.3 is 15.0 Å². The Hall–Kier alpha value is -2.30. The summed E-state index contributed by atoms with van der Waals surface area (Å²) in [4.78, 5) is 26.8. The first-order valence-corrected chi connectivity index (χ1v) is 8.93. The molecule has 1 saturated carbocycles. The van der Waals surface area contributed by atoms with Crippen LogP contribution in [-0.2, 0) is 9.59 Å². The molecule has 1 aliphatic heterocycles. The Balaban J connectivity index is 1.86. The molecule has 0 unspecified atom stereocenters. The van der Waals surface area contributed by atoms with E-state index in [2.05, 4.69) is 11.9 Å². The lowest BCUT2D eigenvalue weighted by Crippen LogP contribution is -2.42. The molecule has 0 spiro atoms. The van der Waals surface area contributed by atoms with Crippen LogP contribution in [0.5, 0.6) is 5.75 Å². The molecule has 1 aromatic carbocycles. The second-order valence-corrected chi connectivity index (χ2v) is 7.53. The van der Waals surface area contributed by atoms with Crippen LogP contribution in [0.15, 0.2) is 30.9 Å². The molecule has 2 amide bonds. The van der Waals surface area contributed by atoms with E-state index in [0.717, 1.165) is 25.7 Å². The number of benzene rings is 1. The number of nitrogens with one attached hydrogen (secondary N) is 1. The molecule has 5 nitrogen and oxygen atoms in total. The number of fused-ring (bicyclic) bond motifs is 1. The van der Waals surface area contributed by atoms with Crippen LogP contribution in [-0.4, -0.2) is 25.0 Å². The van der Waals surface area contributed by atoms with Gasteiger partial charge in [0.2, 0.25) is 11.8 Å². The van der Waals surface area contributed by atoms with Gasteiger partial charge in [-0.05, 0) is 38.8 Å². The van der Waals surface area contributed by atoms with Crippen LogP contribution in [0.4, 0.5) is 11.4 Å². The number of anilines is 2. The molecule has 0 bridgehead atoms. The number of nitrogens with zero attached hydrogens (tertiary/aromatic N) is 1. The zero-order valence-electron chi connectivity index (χ0n) is 15.0. The molecule has 3 rings (SSSR count). The Morgan fingerprint density at radius 1 is 1.40 bits per heavy atom. The summed E-state index contributed by atoms with van der Waals surface area (Å²) in [5, 5.41) is 2.99. The van der Waals surface area contributed by atoms with Gasteiger partial charge >= 0.3 is 0 Å². The largest absolute Gasteiger partial charge is 0.490 e. The van der Waals surface area contributed by atoms with Crippen molar-refractivity contribution in [2.75, 3.05) is 23.4 Å². The maximum atomic E-state index is 12.8. The van der Waals surface area contributed by atoms with Gasteiger partial charge in [-0.2, -0.15) is 0 Å². The minimum atomic E-state index is -0.616. The summed E-state index contributed by atoms with van der Waals surface area (Å²) >= 11 is 0. The van der Waals surface area contributed by atoms with Crippen LogP contribution >= 0.6 is 0 Å². The lowest BCUT2D eigenvalue weighted by molar-refractivity contribution is -0.127. The zero-order valence-corrected chi connectivity index (χ0v) is 15.0. The Kier molecular flexibility index (Phi) is 4.84. The summed E-state index contributed by atoms with van der Waals surface area (Å²) in [5.74, 6) is 0.807. The molecule has 25 heavy (non-hydrogen) atoms. The topological polar surface area (TPSA) is 58.6 Å². The van der Waals surface area contributed by atoms with Gasteiger partial charge in [-0.1, -0.05) is 18.9 Å². The van der Waals surface area contributed by atoms with E-state index in [0.29, 0.717) is 30.3 Å². The van der Waals surface area contributed by atoms with Gasteiger partial charge in [-0.15, -0.1) is 6.58 Å². The summed E-state index contributed by atoms with van der Waals surface area (Å²) in [5.41, 5.74) is 0.811. The molecule has 1 N–H and O–H groups in total. The van der Waals surface area contributed by atoms with Crippen LogP contribution in [0, 0.1) is 11.3 Å². The van der Waals surface area contributed by atoms with E-state index in [-0.39, 0.29) is 17.7 Å². The maximum absolute atomic E-state index is 12.8. The average molecular weight is 342 g/mol. The van der Waals surface area contributed by atoms with Crippen molar-refractivity contribution in [3.05, 3.63) is 30.9 Å². The number of hydrogen-bond acceptors (Lipinski definition) is 3. The van der Waals surface area contributed by atoms with Gasteiger partial charge in [-0.3, -0.25) is 9.59 Å². The Morgan fingerprint density at radius 2 is 2.12 bits per heavy atom. The highest BCUT2D eigenvalue weighted by Crippen LogP contribution is 2.38. The van der Waals surface area contributed by atoms with Crippen LogP contribution in [0.2, 0.25) is 0 Å². The van der Waals surface area contributed by atoms with E-state index in [1.165, 1.54) is 0 Å². The fraction of sp³-hybridized carbons (Fsp3) is 0.500. The van der Waals surface area contributed by atoms with Gasteiger partial charge in [0.25, 0.3) is 0 Å². The Labute approximate surface area is 149 Å². The highest BCUT2D eigenvalue weighted by molar-refractivity contribution is 6.00. The van der Waals surface area contributed by atoms with Gasteiger partial charge in [-0.25, -0.2) is 0 Å². The van der Waals surface area contributed by atoms with E-state index in [4.69, 9.17) is 4.74 Å². The van der Waals surface area contributed by atoms with Crippen LogP contribution < -0.4 is 15.0 Å². The fourth-order valence-electron chi connectivity index (χ4n) is 3.47. The molecule has 2 aliphatic rings. The molecular formula is C20H26N2O3. The predicted molar refractivity (Wildman–Crippen MR) is 98.9 cm³/mol. The van der Waals surface area contributed by atoms with Crippen LogP contribution in [0.3, 0.4) is 0 Å². The van der Waals surface area contributed by atoms with Crippen molar-refractivity contribution in [2.24, 2.45) is 11.3 Å². The average Bonchev–Trinajstić information content (AvgIpc) is 3.10. The first-order chi connectivity index (χ1) is 11.9. The fourth-order valence-corrected chi connectivity index (χ4v) is 3.47. The number of carbonyl (C=O) groups excluding carboxylic acids is 2. The highest BCUT2D eigenvalue weighted by Gasteiger charge is 2.37. The number of hydrogen-bond donors (Lipinski definition) is 1. The van der Waals surface area contributed by atoms with Gasteiger partial charge in [0.05, 0.1) is 11.1 Å². The van der Waals surface area contributed by atoms with Crippen molar-refractivity contribution in [3.8, 4) is 5.75 Å². The smallest absolute Gasteiger partial charge is 0.236 e. The monoisotopic (exact) mass is 342 g/mol. The Morgan fingerprint density at radius 3 is 2.80 bits per heavy atom. The van der Waals surface area contributed by atoms with Crippen molar-refractivity contribution >= 4 is 23.2 Å². The second kappa shape index (κ2) is 6.90. The molecular weight excluding hydrogens is 316 g/mol. The molecule has 1 fully saturated rings. The van der Waals surface area contributed by atoms with Gasteiger partial charge in [0.15, 0.2) is 0 Å². The third-order valence-corrected chi connectivity index (χ3v) is 4.97. The lowest BCUT2D eigenvalue weighted by atomic mass is 9.93. The van der Waals surface area contributed by atoms with Crippen molar-refractivity contribution in [1.82, 2.24) is 0 Å². The normalized spacial score (nSPS) is 19.8. The quantitative estimate of drug-likeness (QED) is 0.848. The van der Waals surface area contributed by atoms with E-state index in [9.17, 15) is 9.59 Å². The van der Waals surface area contributed by atoms with Crippen molar-refractivity contribution in [3.63, 3.8) is 0 Å². The molecule has 134 valence electrons. The van der Waals surface area contributed by atoms with Gasteiger partial charge in [0.1, 0.15) is 12.4 Å². The van der Waals surface area contributed by atoms with E-state index >= 15 is 0 Å². The second-order valence-electron chi connectivity index (χ2n) is 7.53. The minimum Gasteiger partial charge on any atom is -0.490 e. The van der Waals surface area contributed by atoms with Gasteiger partial charge in [0, 0.05) is 24.2 Å².